The van der Waals surface area contributed by atoms with E-state index in [2.05, 4.69) is 9.97 Å². The Balaban J connectivity index is 1.53. The fraction of sp³-hybridized carbons (Fsp3) is 0.722. The molecule has 2 aliphatic heterocycles. The summed E-state index contributed by atoms with van der Waals surface area (Å²) in [6.45, 7) is 8.60. The van der Waals surface area contributed by atoms with Gasteiger partial charge in [-0.15, -0.1) is 0 Å². The number of aromatic nitrogens is 2. The second-order valence-corrected chi connectivity index (χ2v) is 9.50. The Morgan fingerprint density at radius 2 is 1.79 bits per heavy atom. The summed E-state index contributed by atoms with van der Waals surface area (Å²) >= 11 is 1.59. The van der Waals surface area contributed by atoms with Gasteiger partial charge in [-0.3, -0.25) is 4.79 Å². The minimum atomic E-state index is -1.32. The summed E-state index contributed by atoms with van der Waals surface area (Å²) in [6, 6.07) is 0. The van der Waals surface area contributed by atoms with Crippen LogP contribution in [0.3, 0.4) is 0 Å². The lowest BCUT2D eigenvalue weighted by Gasteiger charge is -2.32. The molecule has 2 fully saturated rings. The number of piperidine rings is 1. The number of hydrogen-bond acceptors (Lipinski definition) is 8. The molecule has 1 aromatic rings. The fourth-order valence-corrected chi connectivity index (χ4v) is 4.09. The van der Waals surface area contributed by atoms with E-state index in [-0.39, 0.29) is 0 Å². The molecule has 1 atom stereocenters. The van der Waals surface area contributed by atoms with E-state index in [0.29, 0.717) is 23.5 Å². The third-order valence-electron chi connectivity index (χ3n) is 5.66. The first-order valence-corrected chi connectivity index (χ1v) is 10.4. The average Bonchev–Trinajstić information content (AvgIpc) is 2.89. The van der Waals surface area contributed by atoms with Gasteiger partial charge in [0.2, 0.25) is 0 Å². The number of hydrogen-bond donors (Lipinski definition) is 2. The molecule has 3 rings (SSSR count). The fourth-order valence-electron chi connectivity index (χ4n) is 3.12. The van der Waals surface area contributed by atoms with Gasteiger partial charge in [-0.05, 0) is 40.5 Å². The number of aliphatic hydroxyl groups is 2. The van der Waals surface area contributed by atoms with Crippen molar-refractivity contribution in [2.45, 2.75) is 68.2 Å². The highest BCUT2D eigenvalue weighted by Crippen LogP contribution is 2.36. The number of amides is 1. The zero-order valence-corrected chi connectivity index (χ0v) is 17.6. The molecule has 0 spiro atoms. The first-order chi connectivity index (χ1) is 13.1. The zero-order valence-electron chi connectivity index (χ0n) is 16.8. The van der Waals surface area contributed by atoms with Crippen molar-refractivity contribution >= 4 is 30.3 Å². The largest absolute Gasteiger partial charge is 0.498 e. The van der Waals surface area contributed by atoms with Crippen LogP contribution in [-0.4, -0.2) is 80.4 Å². The van der Waals surface area contributed by atoms with Crippen molar-refractivity contribution in [2.75, 3.05) is 19.7 Å². The third kappa shape index (κ3) is 4.51. The Kier molecular flexibility index (Phi) is 6.36. The molecule has 1 amide bonds. The predicted molar refractivity (Wildman–Crippen MR) is 106 cm³/mol. The Morgan fingerprint density at radius 3 is 2.29 bits per heavy atom. The highest BCUT2D eigenvalue weighted by molar-refractivity contribution is 7.99. The van der Waals surface area contributed by atoms with Crippen molar-refractivity contribution in [3.63, 3.8) is 0 Å². The molecule has 28 heavy (non-hydrogen) atoms. The third-order valence-corrected chi connectivity index (χ3v) is 6.88. The predicted octanol–water partition coefficient (Wildman–Crippen LogP) is 0.212. The summed E-state index contributed by atoms with van der Waals surface area (Å²) in [5.41, 5.74) is -0.0124. The summed E-state index contributed by atoms with van der Waals surface area (Å²) in [4.78, 5) is 22.4. The minimum Gasteiger partial charge on any atom is -0.399 e. The lowest BCUT2D eigenvalue weighted by Crippen LogP contribution is -2.45. The maximum absolute atomic E-state index is 11.9. The van der Waals surface area contributed by atoms with Crippen molar-refractivity contribution in [3.05, 3.63) is 12.4 Å². The van der Waals surface area contributed by atoms with Gasteiger partial charge in [0, 0.05) is 36.2 Å². The van der Waals surface area contributed by atoms with Gasteiger partial charge in [-0.1, -0.05) is 11.8 Å². The Morgan fingerprint density at radius 1 is 1.25 bits per heavy atom. The Bertz CT molecular complexity index is 679. The van der Waals surface area contributed by atoms with E-state index in [1.165, 1.54) is 0 Å². The van der Waals surface area contributed by atoms with Crippen LogP contribution in [-0.2, 0) is 14.1 Å². The molecule has 0 aliphatic carbocycles. The molecule has 0 aromatic carbocycles. The number of carbonyl (C=O) groups excluding carboxylic acids is 1. The quantitative estimate of drug-likeness (QED) is 0.526. The van der Waals surface area contributed by atoms with Gasteiger partial charge in [0.1, 0.15) is 0 Å². The highest BCUT2D eigenvalue weighted by atomic mass is 32.2. The van der Waals surface area contributed by atoms with Gasteiger partial charge in [0.25, 0.3) is 5.91 Å². The van der Waals surface area contributed by atoms with Crippen LogP contribution < -0.4 is 5.46 Å². The van der Waals surface area contributed by atoms with Crippen molar-refractivity contribution < 1.29 is 24.3 Å². The van der Waals surface area contributed by atoms with Crippen LogP contribution in [0.2, 0.25) is 0 Å². The topological polar surface area (TPSA) is 105 Å². The summed E-state index contributed by atoms with van der Waals surface area (Å²) < 4.78 is 12.0. The molecule has 8 nitrogen and oxygen atoms in total. The first-order valence-electron chi connectivity index (χ1n) is 9.55. The van der Waals surface area contributed by atoms with E-state index in [0.717, 1.165) is 18.3 Å². The van der Waals surface area contributed by atoms with Crippen LogP contribution in [0.15, 0.2) is 17.6 Å². The van der Waals surface area contributed by atoms with Crippen LogP contribution in [0.1, 0.15) is 40.5 Å². The monoisotopic (exact) mass is 409 g/mol. The molecular weight excluding hydrogens is 381 g/mol. The number of carbonyl (C=O) groups is 1. The lowest BCUT2D eigenvalue weighted by atomic mass is 9.81. The summed E-state index contributed by atoms with van der Waals surface area (Å²) in [5.74, 6) is -0.408. The summed E-state index contributed by atoms with van der Waals surface area (Å²) in [5, 5.41) is 19.4. The van der Waals surface area contributed by atoms with E-state index in [9.17, 15) is 9.90 Å². The number of aliphatic hydroxyl groups excluding tert-OH is 2. The molecule has 0 saturated carbocycles. The van der Waals surface area contributed by atoms with Crippen LogP contribution in [0, 0.1) is 0 Å². The van der Waals surface area contributed by atoms with Crippen LogP contribution >= 0.6 is 11.8 Å². The second kappa shape index (κ2) is 8.27. The normalized spacial score (nSPS) is 23.1. The number of thioether (sulfide) groups is 1. The highest BCUT2D eigenvalue weighted by Gasteiger charge is 2.52. The van der Waals surface area contributed by atoms with Gasteiger partial charge in [0.15, 0.2) is 11.3 Å². The SMILES string of the molecule is CC1(C)OB(c2cnc(SC3CCN(C(=O)[C@@H](O)CO)CC3)nc2)OC1(C)C. The van der Waals surface area contributed by atoms with E-state index in [1.54, 1.807) is 29.1 Å². The molecule has 3 heterocycles. The zero-order chi connectivity index (χ0) is 20.5. The molecule has 2 aliphatic rings. The minimum absolute atomic E-state index is 0.304. The van der Waals surface area contributed by atoms with E-state index in [1.807, 2.05) is 27.7 Å². The van der Waals surface area contributed by atoms with Crippen molar-refractivity contribution in [2.24, 2.45) is 0 Å². The number of nitrogens with zero attached hydrogens (tertiary/aromatic N) is 3. The maximum Gasteiger partial charge on any atom is 0.498 e. The van der Waals surface area contributed by atoms with E-state index < -0.39 is 36.9 Å². The van der Waals surface area contributed by atoms with E-state index in [4.69, 9.17) is 14.4 Å². The molecule has 154 valence electrons. The molecule has 1 aromatic heterocycles. The number of rotatable bonds is 5. The van der Waals surface area contributed by atoms with Crippen molar-refractivity contribution in [1.82, 2.24) is 14.9 Å². The molecular formula is C18H28BN3O5S. The van der Waals surface area contributed by atoms with Crippen LogP contribution in [0.4, 0.5) is 0 Å². The molecule has 2 N–H and O–H groups in total. The van der Waals surface area contributed by atoms with Gasteiger partial charge in [0.05, 0.1) is 17.8 Å². The average molecular weight is 409 g/mol. The first kappa shape index (κ1) is 21.5. The lowest BCUT2D eigenvalue weighted by molar-refractivity contribution is -0.142. The smallest absolute Gasteiger partial charge is 0.399 e. The second-order valence-electron chi connectivity index (χ2n) is 8.23. The number of likely N-dealkylation sites (tertiary alicyclic amines) is 1. The molecule has 0 unspecified atom stereocenters. The molecule has 0 radical (unpaired) electrons. The van der Waals surface area contributed by atoms with Crippen molar-refractivity contribution in [3.8, 4) is 0 Å². The van der Waals surface area contributed by atoms with Crippen LogP contribution in [0.25, 0.3) is 0 Å². The maximum atomic E-state index is 11.9. The van der Waals surface area contributed by atoms with Gasteiger partial charge < -0.3 is 24.4 Å². The van der Waals surface area contributed by atoms with E-state index >= 15 is 0 Å². The Hall–Kier alpha value is -1.20. The van der Waals surface area contributed by atoms with Crippen molar-refractivity contribution in [1.29, 1.82) is 0 Å². The standard InChI is InChI=1S/C18H28BN3O5S/c1-17(2)18(3,4)27-19(26-17)12-9-20-16(21-10-12)28-13-5-7-22(8-6-13)15(25)14(24)11-23/h9-10,13-14,23-24H,5-8,11H2,1-4H3/t14-/m0/s1. The molecule has 2 saturated heterocycles. The summed E-state index contributed by atoms with van der Waals surface area (Å²) in [6.07, 6.45) is 3.74. The van der Waals surface area contributed by atoms with Gasteiger partial charge >= 0.3 is 7.12 Å². The Labute approximate surface area is 170 Å². The van der Waals surface area contributed by atoms with Gasteiger partial charge in [-0.25, -0.2) is 9.97 Å². The van der Waals surface area contributed by atoms with Crippen LogP contribution in [0.5, 0.6) is 0 Å². The van der Waals surface area contributed by atoms with Gasteiger partial charge in [-0.2, -0.15) is 0 Å². The summed E-state index contributed by atoms with van der Waals surface area (Å²) in [7, 11) is -0.476. The molecule has 0 bridgehead atoms. The molecule has 10 heteroatoms.